The third kappa shape index (κ3) is 3.86. The van der Waals surface area contributed by atoms with Gasteiger partial charge in [-0.25, -0.2) is 0 Å². The first-order valence-electron chi connectivity index (χ1n) is 8.04. The molecule has 1 saturated heterocycles. The van der Waals surface area contributed by atoms with Crippen LogP contribution in [0.25, 0.3) is 0 Å². The lowest BCUT2D eigenvalue weighted by atomic mass is 10.1. The highest BCUT2D eigenvalue weighted by Crippen LogP contribution is 2.28. The van der Waals surface area contributed by atoms with Crippen molar-refractivity contribution in [1.29, 1.82) is 0 Å². The molecule has 26 heavy (non-hydrogen) atoms. The van der Waals surface area contributed by atoms with Crippen LogP contribution in [-0.2, 0) is 20.9 Å². The lowest BCUT2D eigenvalue weighted by molar-refractivity contribution is -0.142. The van der Waals surface area contributed by atoms with E-state index in [9.17, 15) is 14.4 Å². The van der Waals surface area contributed by atoms with Gasteiger partial charge in [-0.3, -0.25) is 14.4 Å². The zero-order valence-electron chi connectivity index (χ0n) is 14.1. The highest BCUT2D eigenvalue weighted by atomic mass is 35.5. The smallest absolute Gasteiger partial charge is 0.290 e. The van der Waals surface area contributed by atoms with E-state index < -0.39 is 23.5 Å². The van der Waals surface area contributed by atoms with Crippen molar-refractivity contribution in [3.63, 3.8) is 0 Å². The molecule has 0 radical (unpaired) electrons. The Morgan fingerprint density at radius 3 is 2.50 bits per heavy atom. The van der Waals surface area contributed by atoms with Gasteiger partial charge < -0.3 is 15.0 Å². The number of para-hydroxylation sites is 1. The molecule has 1 aliphatic rings. The predicted molar refractivity (Wildman–Crippen MR) is 95.9 cm³/mol. The number of halogens is 1. The van der Waals surface area contributed by atoms with Crippen molar-refractivity contribution >= 4 is 29.2 Å². The number of carbonyl (C=O) groups is 3. The van der Waals surface area contributed by atoms with Crippen LogP contribution in [-0.4, -0.2) is 36.1 Å². The number of ether oxygens (including phenoxy) is 1. The Labute approximate surface area is 155 Å². The van der Waals surface area contributed by atoms with Crippen LogP contribution < -0.4 is 10.1 Å². The van der Waals surface area contributed by atoms with Gasteiger partial charge >= 0.3 is 0 Å². The summed E-state index contributed by atoms with van der Waals surface area (Å²) in [5.41, 5.74) is 0.843. The molecule has 6 nitrogen and oxygen atoms in total. The topological polar surface area (TPSA) is 75.7 Å². The fourth-order valence-corrected chi connectivity index (χ4v) is 2.80. The van der Waals surface area contributed by atoms with Crippen LogP contribution in [0.2, 0.25) is 5.02 Å². The average Bonchev–Trinajstić information content (AvgIpc) is 2.90. The molecule has 0 bridgehead atoms. The fraction of sp³-hybridized carbons (Fsp3) is 0.211. The van der Waals surface area contributed by atoms with Crippen molar-refractivity contribution in [3.05, 3.63) is 59.1 Å². The Hall–Kier alpha value is -2.86. The lowest BCUT2D eigenvalue weighted by Crippen LogP contribution is -2.35. The molecule has 1 unspecified atom stereocenters. The molecule has 0 spiro atoms. The maximum Gasteiger partial charge on any atom is 0.290 e. The molecule has 1 fully saturated rings. The highest BCUT2D eigenvalue weighted by Gasteiger charge is 2.41. The second-order valence-corrected chi connectivity index (χ2v) is 6.40. The molecule has 2 aromatic rings. The summed E-state index contributed by atoms with van der Waals surface area (Å²) in [6.07, 6.45) is 0. The number of benzene rings is 2. The van der Waals surface area contributed by atoms with E-state index in [0.29, 0.717) is 16.5 Å². The Bertz CT molecular complexity index is 851. The van der Waals surface area contributed by atoms with E-state index in [1.807, 2.05) is 12.1 Å². The van der Waals surface area contributed by atoms with Gasteiger partial charge in [-0.15, -0.1) is 0 Å². The SMILES string of the molecule is CN1CC(C(=O)NCc2ccc(Oc3ccccc3Cl)cc2)C(=O)C1=O. The van der Waals surface area contributed by atoms with E-state index in [2.05, 4.69) is 5.32 Å². The average molecular weight is 373 g/mol. The Morgan fingerprint density at radius 1 is 1.19 bits per heavy atom. The molecule has 7 heteroatoms. The summed E-state index contributed by atoms with van der Waals surface area (Å²) in [5, 5.41) is 3.21. The van der Waals surface area contributed by atoms with Gasteiger partial charge in [-0.05, 0) is 29.8 Å². The van der Waals surface area contributed by atoms with Gasteiger partial charge in [0.1, 0.15) is 17.4 Å². The number of carbonyl (C=O) groups excluding carboxylic acids is 3. The number of likely N-dealkylation sites (tertiary alicyclic amines) is 1. The normalized spacial score (nSPS) is 16.7. The Morgan fingerprint density at radius 2 is 1.88 bits per heavy atom. The standard InChI is InChI=1S/C19H17ClN2O4/c1-22-11-14(17(23)19(22)25)18(24)21-10-12-6-8-13(9-7-12)26-16-5-3-2-4-15(16)20/h2-9,14H,10-11H2,1H3,(H,21,24). The van der Waals surface area contributed by atoms with E-state index in [1.165, 1.54) is 11.9 Å². The van der Waals surface area contributed by atoms with Crippen LogP contribution >= 0.6 is 11.6 Å². The van der Waals surface area contributed by atoms with Gasteiger partial charge in [0.15, 0.2) is 0 Å². The van der Waals surface area contributed by atoms with E-state index >= 15 is 0 Å². The molecule has 1 atom stereocenters. The largest absolute Gasteiger partial charge is 0.456 e. The van der Waals surface area contributed by atoms with Gasteiger partial charge in [0.05, 0.1) is 5.02 Å². The number of ketones is 1. The molecule has 0 aliphatic carbocycles. The summed E-state index contributed by atoms with van der Waals surface area (Å²) < 4.78 is 5.70. The molecule has 2 amide bonds. The van der Waals surface area contributed by atoms with Crippen LogP contribution in [0.1, 0.15) is 5.56 Å². The first kappa shape index (κ1) is 17.9. The molecule has 1 heterocycles. The summed E-state index contributed by atoms with van der Waals surface area (Å²) in [4.78, 5) is 36.6. The van der Waals surface area contributed by atoms with Crippen LogP contribution in [0.5, 0.6) is 11.5 Å². The van der Waals surface area contributed by atoms with Gasteiger partial charge in [0.2, 0.25) is 11.7 Å². The van der Waals surface area contributed by atoms with Crippen molar-refractivity contribution in [2.75, 3.05) is 13.6 Å². The molecule has 1 N–H and O–H groups in total. The number of hydrogen-bond acceptors (Lipinski definition) is 4. The van der Waals surface area contributed by atoms with Crippen LogP contribution in [0.4, 0.5) is 0 Å². The molecule has 2 aromatic carbocycles. The fourth-order valence-electron chi connectivity index (χ4n) is 2.62. The number of likely N-dealkylation sites (N-methyl/N-ethyl adjacent to an activating group) is 1. The van der Waals surface area contributed by atoms with E-state index in [1.54, 1.807) is 36.4 Å². The second-order valence-electron chi connectivity index (χ2n) is 6.00. The molecule has 3 rings (SSSR count). The number of Topliss-reactive ketones (excluding diaryl/α,β-unsaturated/α-hetero) is 1. The number of nitrogens with zero attached hydrogens (tertiary/aromatic N) is 1. The van der Waals surface area contributed by atoms with Crippen molar-refractivity contribution in [2.45, 2.75) is 6.54 Å². The first-order chi connectivity index (χ1) is 12.5. The Balaban J connectivity index is 1.56. The van der Waals surface area contributed by atoms with Crippen LogP contribution in [0, 0.1) is 5.92 Å². The van der Waals surface area contributed by atoms with Gasteiger partial charge in [-0.1, -0.05) is 35.9 Å². The summed E-state index contributed by atoms with van der Waals surface area (Å²) in [7, 11) is 1.51. The number of rotatable bonds is 5. The second kappa shape index (κ2) is 7.58. The van der Waals surface area contributed by atoms with Crippen molar-refractivity contribution in [3.8, 4) is 11.5 Å². The van der Waals surface area contributed by atoms with Gasteiger partial charge in [0, 0.05) is 20.1 Å². The van der Waals surface area contributed by atoms with E-state index in [-0.39, 0.29) is 13.1 Å². The summed E-state index contributed by atoms with van der Waals surface area (Å²) in [6, 6.07) is 14.3. The van der Waals surface area contributed by atoms with E-state index in [0.717, 1.165) is 5.56 Å². The molecule has 134 valence electrons. The minimum Gasteiger partial charge on any atom is -0.456 e. The number of hydrogen-bond donors (Lipinski definition) is 1. The molecule has 1 aliphatic heterocycles. The monoisotopic (exact) mass is 372 g/mol. The van der Waals surface area contributed by atoms with Crippen LogP contribution in [0.3, 0.4) is 0 Å². The molecule has 0 aromatic heterocycles. The lowest BCUT2D eigenvalue weighted by Gasteiger charge is -2.11. The third-order valence-corrected chi connectivity index (χ3v) is 4.41. The Kier molecular flexibility index (Phi) is 5.23. The summed E-state index contributed by atoms with van der Waals surface area (Å²) >= 11 is 6.06. The van der Waals surface area contributed by atoms with Crippen LogP contribution in [0.15, 0.2) is 48.5 Å². The third-order valence-electron chi connectivity index (χ3n) is 4.10. The first-order valence-corrected chi connectivity index (χ1v) is 8.42. The van der Waals surface area contributed by atoms with Gasteiger partial charge in [0.25, 0.3) is 5.91 Å². The highest BCUT2D eigenvalue weighted by molar-refractivity contribution is 6.42. The molecular weight excluding hydrogens is 356 g/mol. The summed E-state index contributed by atoms with van der Waals surface area (Å²) in [5.74, 6) is -1.48. The van der Waals surface area contributed by atoms with Gasteiger partial charge in [-0.2, -0.15) is 0 Å². The van der Waals surface area contributed by atoms with E-state index in [4.69, 9.17) is 16.3 Å². The van der Waals surface area contributed by atoms with Crippen molar-refractivity contribution in [2.24, 2.45) is 5.92 Å². The zero-order chi connectivity index (χ0) is 18.7. The van der Waals surface area contributed by atoms with Crippen molar-refractivity contribution < 1.29 is 19.1 Å². The minimum atomic E-state index is -0.935. The maximum absolute atomic E-state index is 12.1. The predicted octanol–water partition coefficient (Wildman–Crippen LogP) is 2.41. The molecular formula is C19H17ClN2O4. The number of amides is 2. The maximum atomic E-state index is 12.1. The zero-order valence-corrected chi connectivity index (χ0v) is 14.8. The molecule has 0 saturated carbocycles. The quantitative estimate of drug-likeness (QED) is 0.646. The number of nitrogens with one attached hydrogen (secondary N) is 1. The summed E-state index contributed by atoms with van der Waals surface area (Å²) in [6.45, 7) is 0.376. The minimum absolute atomic E-state index is 0.119. The van der Waals surface area contributed by atoms with Crippen molar-refractivity contribution in [1.82, 2.24) is 10.2 Å².